The van der Waals surface area contributed by atoms with Crippen LogP contribution < -0.4 is 14.8 Å². The molecule has 2 aliphatic rings. The fraction of sp³-hybridized carbons (Fsp3) is 0.233. The lowest BCUT2D eigenvalue weighted by Gasteiger charge is -2.31. The summed E-state index contributed by atoms with van der Waals surface area (Å²) in [5.41, 5.74) is 1.12. The molecule has 4 aromatic rings. The van der Waals surface area contributed by atoms with Crippen LogP contribution in [0.2, 0.25) is 0 Å². The predicted molar refractivity (Wildman–Crippen MR) is 147 cm³/mol. The van der Waals surface area contributed by atoms with E-state index in [-0.39, 0.29) is 34.7 Å². The summed E-state index contributed by atoms with van der Waals surface area (Å²) in [7, 11) is 0. The van der Waals surface area contributed by atoms with E-state index in [1.165, 1.54) is 41.7 Å². The van der Waals surface area contributed by atoms with Crippen molar-refractivity contribution in [2.24, 2.45) is 0 Å². The first-order chi connectivity index (χ1) is 20.5. The van der Waals surface area contributed by atoms with Crippen molar-refractivity contribution in [2.45, 2.75) is 31.2 Å². The molecule has 6 rings (SSSR count). The molecule has 0 aliphatic carbocycles. The number of ether oxygens (including phenoxy) is 2. The predicted octanol–water partition coefficient (Wildman–Crippen LogP) is 7.42. The zero-order valence-electron chi connectivity index (χ0n) is 22.2. The van der Waals surface area contributed by atoms with E-state index in [0.29, 0.717) is 42.6 Å². The quantitative estimate of drug-likeness (QED) is 0.236. The molecule has 222 valence electrons. The van der Waals surface area contributed by atoms with Crippen LogP contribution in [0, 0.1) is 0 Å². The highest BCUT2D eigenvalue weighted by atomic mass is 32.1. The second kappa shape index (κ2) is 11.0. The normalized spacial score (nSPS) is 16.3. The topological polar surface area (TPSA) is 80.8 Å². The Labute approximate surface area is 245 Å². The largest absolute Gasteiger partial charge is 0.586 e. The number of nitrogens with zero attached hydrogens (tertiary/aromatic N) is 2. The first kappa shape index (κ1) is 28.6. The Balaban J connectivity index is 1.08. The number of halogens is 5. The van der Waals surface area contributed by atoms with Gasteiger partial charge < -0.3 is 19.7 Å². The van der Waals surface area contributed by atoms with Gasteiger partial charge in [0, 0.05) is 41.7 Å². The highest BCUT2D eigenvalue weighted by Crippen LogP contribution is 2.42. The number of amides is 2. The molecule has 7 nitrogen and oxygen atoms in total. The molecule has 43 heavy (non-hydrogen) atoms. The average molecular weight is 616 g/mol. The van der Waals surface area contributed by atoms with Crippen LogP contribution in [0.4, 0.5) is 27.6 Å². The number of fused-ring (bicyclic) bond motifs is 1. The van der Waals surface area contributed by atoms with Crippen LogP contribution in [-0.2, 0) is 6.18 Å². The van der Waals surface area contributed by atoms with Gasteiger partial charge in [-0.2, -0.15) is 13.2 Å². The van der Waals surface area contributed by atoms with Crippen LogP contribution in [0.3, 0.4) is 0 Å². The van der Waals surface area contributed by atoms with Crippen LogP contribution in [0.1, 0.15) is 50.2 Å². The summed E-state index contributed by atoms with van der Waals surface area (Å²) >= 11 is 1.32. The Morgan fingerprint density at radius 2 is 1.65 bits per heavy atom. The Bertz CT molecular complexity index is 1680. The lowest BCUT2D eigenvalue weighted by molar-refractivity contribution is -0.286. The number of benzene rings is 3. The molecule has 0 saturated carbocycles. The van der Waals surface area contributed by atoms with Gasteiger partial charge >= 0.3 is 12.5 Å². The molecule has 0 radical (unpaired) electrons. The highest BCUT2D eigenvalue weighted by Gasteiger charge is 2.43. The number of carbonyl (C=O) groups excluding carboxylic acids is 2. The Kier molecular flexibility index (Phi) is 7.28. The van der Waals surface area contributed by atoms with Gasteiger partial charge in [-0.05, 0) is 54.3 Å². The summed E-state index contributed by atoms with van der Waals surface area (Å²) in [4.78, 5) is 32.4. The van der Waals surface area contributed by atoms with Gasteiger partial charge in [-0.15, -0.1) is 20.1 Å². The molecule has 2 aliphatic heterocycles. The zero-order chi connectivity index (χ0) is 30.4. The molecular formula is C30H22F5N3O4S. The standard InChI is InChI=1S/C30H22F5N3O4S/c31-29(32,33)19-7-5-17(6-8-19)21-3-1-2-4-22(21)28(40)38-13-11-18(12-14-38)27-37-23(16-43-27)26(39)36-20-9-10-24-25(15-20)42-30(34,35)41-24/h1-10,15-16,18H,11-14H2,(H,36,39). The smallest absolute Gasteiger partial charge is 0.395 e. The van der Waals surface area contributed by atoms with E-state index in [2.05, 4.69) is 19.8 Å². The minimum Gasteiger partial charge on any atom is -0.395 e. The first-order valence-electron chi connectivity index (χ1n) is 13.2. The Morgan fingerprint density at radius 3 is 2.37 bits per heavy atom. The Hall–Kier alpha value is -4.52. The minimum atomic E-state index is -4.45. The van der Waals surface area contributed by atoms with Crippen LogP contribution in [-0.4, -0.2) is 41.1 Å². The third-order valence-corrected chi connectivity index (χ3v) is 8.23. The summed E-state index contributed by atoms with van der Waals surface area (Å²) in [5.74, 6) is -1.03. The van der Waals surface area contributed by atoms with Gasteiger partial charge in [0.1, 0.15) is 5.69 Å². The monoisotopic (exact) mass is 615 g/mol. The van der Waals surface area contributed by atoms with Gasteiger partial charge in [0.25, 0.3) is 11.8 Å². The molecule has 3 aromatic carbocycles. The van der Waals surface area contributed by atoms with Gasteiger partial charge in [-0.1, -0.05) is 30.3 Å². The van der Waals surface area contributed by atoms with E-state index in [9.17, 15) is 31.5 Å². The molecule has 1 aromatic heterocycles. The fourth-order valence-corrected chi connectivity index (χ4v) is 6.03. The maximum absolute atomic E-state index is 13.5. The van der Waals surface area contributed by atoms with Crippen molar-refractivity contribution >= 4 is 28.8 Å². The number of aromatic nitrogens is 1. The van der Waals surface area contributed by atoms with Crippen LogP contribution in [0.15, 0.2) is 72.1 Å². The van der Waals surface area contributed by atoms with Crippen molar-refractivity contribution in [1.82, 2.24) is 9.88 Å². The number of nitrogens with one attached hydrogen (secondary N) is 1. The van der Waals surface area contributed by atoms with Gasteiger partial charge in [0.2, 0.25) is 0 Å². The van der Waals surface area contributed by atoms with Crippen molar-refractivity contribution in [3.63, 3.8) is 0 Å². The van der Waals surface area contributed by atoms with E-state index in [1.54, 1.807) is 34.5 Å². The highest BCUT2D eigenvalue weighted by molar-refractivity contribution is 7.10. The molecular weight excluding hydrogens is 593 g/mol. The van der Waals surface area contributed by atoms with E-state index >= 15 is 0 Å². The van der Waals surface area contributed by atoms with Crippen LogP contribution in [0.25, 0.3) is 11.1 Å². The van der Waals surface area contributed by atoms with Crippen LogP contribution in [0.5, 0.6) is 11.5 Å². The van der Waals surface area contributed by atoms with Gasteiger partial charge in [0.05, 0.1) is 10.6 Å². The summed E-state index contributed by atoms with van der Waals surface area (Å²) in [5, 5.41) is 4.98. The SMILES string of the molecule is O=C(Nc1ccc2c(c1)OC(F)(F)O2)c1csc(C2CCN(C(=O)c3ccccc3-c3ccc(C(F)(F)F)cc3)CC2)n1. The third-order valence-electron chi connectivity index (χ3n) is 7.23. The second-order valence-electron chi connectivity index (χ2n) is 10.0. The lowest BCUT2D eigenvalue weighted by Crippen LogP contribution is -2.38. The molecule has 0 spiro atoms. The average Bonchev–Trinajstić information content (AvgIpc) is 3.60. The van der Waals surface area contributed by atoms with Crippen molar-refractivity contribution in [2.75, 3.05) is 18.4 Å². The van der Waals surface area contributed by atoms with Gasteiger partial charge in [-0.25, -0.2) is 4.98 Å². The summed E-state index contributed by atoms with van der Waals surface area (Å²) in [6.45, 7) is 0.877. The number of hydrogen-bond acceptors (Lipinski definition) is 6. The summed E-state index contributed by atoms with van der Waals surface area (Å²) < 4.78 is 74.3. The first-order valence-corrected chi connectivity index (χ1v) is 14.1. The molecule has 0 unspecified atom stereocenters. The fourth-order valence-electron chi connectivity index (χ4n) is 5.06. The molecule has 0 atom stereocenters. The van der Waals surface area contributed by atoms with Crippen molar-refractivity contribution in [3.05, 3.63) is 93.9 Å². The third kappa shape index (κ3) is 6.03. The maximum atomic E-state index is 13.5. The van der Waals surface area contributed by atoms with Crippen molar-refractivity contribution < 1.29 is 41.0 Å². The molecule has 1 saturated heterocycles. The van der Waals surface area contributed by atoms with Crippen molar-refractivity contribution in [3.8, 4) is 22.6 Å². The van der Waals surface area contributed by atoms with Gasteiger partial charge in [0.15, 0.2) is 11.5 Å². The minimum absolute atomic E-state index is 0.0218. The zero-order valence-corrected chi connectivity index (χ0v) is 23.0. The number of anilines is 1. The van der Waals surface area contributed by atoms with E-state index in [4.69, 9.17) is 0 Å². The van der Waals surface area contributed by atoms with Crippen LogP contribution >= 0.6 is 11.3 Å². The number of likely N-dealkylation sites (tertiary alicyclic amines) is 1. The number of piperidine rings is 1. The van der Waals surface area contributed by atoms with E-state index in [0.717, 1.165) is 17.1 Å². The van der Waals surface area contributed by atoms with E-state index < -0.39 is 23.9 Å². The molecule has 1 fully saturated rings. The maximum Gasteiger partial charge on any atom is 0.586 e. The lowest BCUT2D eigenvalue weighted by atomic mass is 9.94. The second-order valence-corrected chi connectivity index (χ2v) is 10.9. The molecule has 3 heterocycles. The molecule has 1 N–H and O–H groups in total. The molecule has 0 bridgehead atoms. The number of rotatable bonds is 5. The van der Waals surface area contributed by atoms with E-state index in [1.807, 2.05) is 0 Å². The van der Waals surface area contributed by atoms with Crippen molar-refractivity contribution in [1.29, 1.82) is 0 Å². The summed E-state index contributed by atoms with van der Waals surface area (Å²) in [6, 6.07) is 15.5. The summed E-state index contributed by atoms with van der Waals surface area (Å²) in [6.07, 6.45) is -6.99. The molecule has 13 heteroatoms. The number of hydrogen-bond donors (Lipinski definition) is 1. The molecule has 2 amide bonds. The van der Waals surface area contributed by atoms with Gasteiger partial charge in [-0.3, -0.25) is 9.59 Å². The number of carbonyl (C=O) groups is 2. The number of thiazole rings is 1. The number of alkyl halides is 5. The Morgan fingerprint density at radius 1 is 0.953 bits per heavy atom.